The van der Waals surface area contributed by atoms with Gasteiger partial charge in [0, 0.05) is 11.6 Å². The molecule has 1 aromatic carbocycles. The first-order valence-corrected chi connectivity index (χ1v) is 13.9. The second-order valence-electron chi connectivity index (χ2n) is 9.59. The minimum Gasteiger partial charge on any atom is -0.543 e. The molecule has 0 radical (unpaired) electrons. The van der Waals surface area contributed by atoms with Crippen molar-refractivity contribution in [3.8, 4) is 34.5 Å². The van der Waals surface area contributed by atoms with Gasteiger partial charge in [-0.05, 0) is 36.3 Å². The van der Waals surface area contributed by atoms with Gasteiger partial charge >= 0.3 is 0 Å². The maximum absolute atomic E-state index is 15.1. The predicted molar refractivity (Wildman–Crippen MR) is 129 cm³/mol. The summed E-state index contributed by atoms with van der Waals surface area (Å²) in [6.45, 7) is 10.6. The largest absolute Gasteiger partial charge is 0.543 e. The van der Waals surface area contributed by atoms with Crippen LogP contribution in [0.5, 0.6) is 11.6 Å². The highest BCUT2D eigenvalue weighted by Gasteiger charge is 2.39. The first-order valence-electron chi connectivity index (χ1n) is 11.0. The van der Waals surface area contributed by atoms with Crippen LogP contribution in [0.3, 0.4) is 0 Å². The highest BCUT2D eigenvalue weighted by molar-refractivity contribution is 6.74. The van der Waals surface area contributed by atoms with E-state index in [1.54, 1.807) is 28.9 Å². The number of hydrogen-bond acceptors (Lipinski definition) is 7. The number of benzene rings is 1. The Morgan fingerprint density at radius 3 is 2.51 bits per heavy atom. The third-order valence-corrected chi connectivity index (χ3v) is 10.5. The Balaban J connectivity index is 1.79. The molecule has 0 aliphatic rings. The van der Waals surface area contributed by atoms with Crippen molar-refractivity contribution < 1.29 is 22.5 Å². The van der Waals surface area contributed by atoms with Gasteiger partial charge in [0.15, 0.2) is 5.82 Å². The number of aromatic nitrogens is 5. The Labute approximate surface area is 203 Å². The normalized spacial score (nSPS) is 12.1. The molecule has 8 nitrogen and oxygen atoms in total. The van der Waals surface area contributed by atoms with E-state index >= 15 is 4.39 Å². The Bertz CT molecular complexity index is 1330. The van der Waals surface area contributed by atoms with Crippen LogP contribution in [0.25, 0.3) is 22.9 Å². The van der Waals surface area contributed by atoms with Crippen LogP contribution in [0.1, 0.15) is 26.3 Å². The number of rotatable bonds is 7. The summed E-state index contributed by atoms with van der Waals surface area (Å²) in [4.78, 5) is 8.12. The van der Waals surface area contributed by atoms with Gasteiger partial charge in [0.25, 0.3) is 5.88 Å². The summed E-state index contributed by atoms with van der Waals surface area (Å²) in [7, 11) is -0.924. The number of halogens is 2. The van der Waals surface area contributed by atoms with E-state index < -0.39 is 20.0 Å². The smallest absolute Gasteiger partial charge is 0.253 e. The average Bonchev–Trinajstić information content (AvgIpc) is 3.45. The summed E-state index contributed by atoms with van der Waals surface area (Å²) in [6.07, 6.45) is 2.44. The lowest BCUT2D eigenvalue weighted by molar-refractivity contribution is 0.367. The van der Waals surface area contributed by atoms with Gasteiger partial charge in [-0.15, -0.1) is 0 Å². The fourth-order valence-electron chi connectivity index (χ4n) is 3.18. The van der Waals surface area contributed by atoms with E-state index in [9.17, 15) is 4.39 Å². The number of hydrogen-bond donors (Lipinski definition) is 0. The van der Waals surface area contributed by atoms with Gasteiger partial charge in [-0.3, -0.25) is 4.68 Å². The van der Waals surface area contributed by atoms with Crippen molar-refractivity contribution in [2.24, 2.45) is 0 Å². The third-order valence-electron chi connectivity index (χ3n) is 6.17. The topological polar surface area (TPSA) is 88.1 Å². The Kier molecular flexibility index (Phi) is 6.45. The average molecular weight is 500 g/mol. The zero-order valence-electron chi connectivity index (χ0n) is 20.5. The van der Waals surface area contributed by atoms with E-state index in [4.69, 9.17) is 13.7 Å². The first-order chi connectivity index (χ1) is 16.5. The SMILES string of the molecule is COc1nc(-c2cc(-c3ccon3)n(Cc3c(F)cccc3O[Si](C)(C)C(C)(C)C)n2)ncc1F. The van der Waals surface area contributed by atoms with Gasteiger partial charge in [-0.1, -0.05) is 32.0 Å². The second kappa shape index (κ2) is 9.21. The molecule has 4 rings (SSSR count). The van der Waals surface area contributed by atoms with Gasteiger partial charge < -0.3 is 13.7 Å². The van der Waals surface area contributed by atoms with Crippen molar-refractivity contribution in [3.05, 3.63) is 60.0 Å². The molecule has 11 heteroatoms. The summed E-state index contributed by atoms with van der Waals surface area (Å²) in [5.74, 6) is -0.681. The maximum atomic E-state index is 15.1. The Morgan fingerprint density at radius 2 is 1.86 bits per heavy atom. The lowest BCUT2D eigenvalue weighted by Crippen LogP contribution is -2.44. The van der Waals surface area contributed by atoms with Crippen LogP contribution in [0.2, 0.25) is 18.1 Å². The predicted octanol–water partition coefficient (Wildman–Crippen LogP) is 5.71. The quantitative estimate of drug-likeness (QED) is 0.301. The molecular weight excluding hydrogens is 472 g/mol. The summed E-state index contributed by atoms with van der Waals surface area (Å²) in [5, 5.41) is 8.52. The van der Waals surface area contributed by atoms with Crippen molar-refractivity contribution >= 4 is 8.32 Å². The minimum atomic E-state index is -2.24. The molecule has 3 aromatic heterocycles. The molecule has 0 aliphatic carbocycles. The highest BCUT2D eigenvalue weighted by atomic mass is 28.4. The lowest BCUT2D eigenvalue weighted by atomic mass is 10.2. The number of methoxy groups -OCH3 is 1. The van der Waals surface area contributed by atoms with Crippen LogP contribution >= 0.6 is 0 Å². The van der Waals surface area contributed by atoms with Crippen molar-refractivity contribution in [3.63, 3.8) is 0 Å². The first kappa shape index (κ1) is 24.5. The van der Waals surface area contributed by atoms with E-state index in [0.29, 0.717) is 28.4 Å². The molecule has 0 spiro atoms. The van der Waals surface area contributed by atoms with Crippen LogP contribution in [0.15, 0.2) is 47.3 Å². The molecule has 0 saturated heterocycles. The van der Waals surface area contributed by atoms with Gasteiger partial charge in [-0.2, -0.15) is 14.5 Å². The Hall–Kier alpha value is -3.60. The van der Waals surface area contributed by atoms with Crippen LogP contribution in [-0.4, -0.2) is 40.3 Å². The lowest BCUT2D eigenvalue weighted by Gasteiger charge is -2.37. The zero-order chi connectivity index (χ0) is 25.4. The molecule has 0 atom stereocenters. The van der Waals surface area contributed by atoms with Crippen LogP contribution in [0, 0.1) is 11.6 Å². The minimum absolute atomic E-state index is 0.0527. The molecule has 35 heavy (non-hydrogen) atoms. The molecule has 0 amide bonds. The van der Waals surface area contributed by atoms with Crippen LogP contribution in [0.4, 0.5) is 8.78 Å². The van der Waals surface area contributed by atoms with Crippen molar-refractivity contribution in [2.45, 2.75) is 45.4 Å². The second-order valence-corrected chi connectivity index (χ2v) is 14.3. The van der Waals surface area contributed by atoms with E-state index in [1.807, 2.05) is 0 Å². The van der Waals surface area contributed by atoms with Gasteiger partial charge in [-0.25, -0.2) is 9.37 Å². The molecule has 0 aliphatic heterocycles. The molecule has 0 bridgehead atoms. The van der Waals surface area contributed by atoms with Crippen molar-refractivity contribution in [1.82, 2.24) is 24.9 Å². The summed E-state index contributed by atoms with van der Waals surface area (Å²) in [5.41, 5.74) is 1.72. The Morgan fingerprint density at radius 1 is 1.09 bits per heavy atom. The van der Waals surface area contributed by atoms with Crippen LogP contribution in [-0.2, 0) is 6.54 Å². The highest BCUT2D eigenvalue weighted by Crippen LogP contribution is 2.39. The molecule has 0 saturated carbocycles. The summed E-state index contributed by atoms with van der Waals surface area (Å²) >= 11 is 0. The van der Waals surface area contributed by atoms with Crippen molar-refractivity contribution in [1.29, 1.82) is 0 Å². The number of ether oxygens (including phenoxy) is 1. The monoisotopic (exact) mass is 499 g/mol. The standard InChI is InChI=1S/C24H27F2N5O3Si/c1-24(2,3)35(5,6)34-21-9-7-8-16(25)15(21)14-31-20(18-10-11-33-30-18)12-19(29-31)22-27-13-17(26)23(28-22)32-4/h7-13H,14H2,1-6H3. The molecule has 0 fully saturated rings. The maximum Gasteiger partial charge on any atom is 0.253 e. The van der Waals surface area contributed by atoms with Crippen molar-refractivity contribution in [2.75, 3.05) is 7.11 Å². The molecule has 0 unspecified atom stereocenters. The molecule has 184 valence electrons. The fraction of sp³-hybridized carbons (Fsp3) is 0.333. The number of nitrogens with zero attached hydrogens (tertiary/aromatic N) is 5. The van der Waals surface area contributed by atoms with E-state index in [1.165, 1.54) is 19.4 Å². The van der Waals surface area contributed by atoms with Gasteiger partial charge in [0.05, 0.1) is 25.5 Å². The third kappa shape index (κ3) is 4.95. The van der Waals surface area contributed by atoms with Gasteiger partial charge in [0.2, 0.25) is 14.1 Å². The van der Waals surface area contributed by atoms with Gasteiger partial charge in [0.1, 0.15) is 29.2 Å². The molecule has 4 aromatic rings. The fourth-order valence-corrected chi connectivity index (χ4v) is 4.23. The zero-order valence-corrected chi connectivity index (χ0v) is 21.5. The summed E-state index contributed by atoms with van der Waals surface area (Å²) < 4.78 is 47.0. The molecule has 0 N–H and O–H groups in total. The van der Waals surface area contributed by atoms with E-state index in [0.717, 1.165) is 6.20 Å². The van der Waals surface area contributed by atoms with E-state index in [2.05, 4.69) is 54.1 Å². The molecular formula is C24H27F2N5O3Si. The van der Waals surface area contributed by atoms with E-state index in [-0.39, 0.29) is 23.3 Å². The molecule has 3 heterocycles. The summed E-state index contributed by atoms with van der Waals surface area (Å²) in [6, 6.07) is 8.14. The van der Waals surface area contributed by atoms with Crippen LogP contribution < -0.4 is 9.16 Å².